The van der Waals surface area contributed by atoms with E-state index in [1.165, 1.54) is 12.1 Å². The highest BCUT2D eigenvalue weighted by Crippen LogP contribution is 2.13. The highest BCUT2D eigenvalue weighted by molar-refractivity contribution is 7.83. The first-order chi connectivity index (χ1) is 8.65. The highest BCUT2D eigenvalue weighted by atomic mass is 32.2. The van der Waals surface area contributed by atoms with Crippen LogP contribution in [0.15, 0.2) is 48.5 Å². The molecule has 1 atom stereocenters. The molecule has 3 heteroatoms. The van der Waals surface area contributed by atoms with Gasteiger partial charge in [-0.3, -0.25) is 4.21 Å². The van der Waals surface area contributed by atoms with E-state index in [9.17, 15) is 8.60 Å². The van der Waals surface area contributed by atoms with Crippen LogP contribution in [0.2, 0.25) is 0 Å². The van der Waals surface area contributed by atoms with E-state index in [0.717, 1.165) is 16.7 Å². The molecule has 0 saturated heterocycles. The van der Waals surface area contributed by atoms with Crippen molar-refractivity contribution in [3.05, 3.63) is 71.0 Å². The van der Waals surface area contributed by atoms with Crippen LogP contribution < -0.4 is 0 Å². The van der Waals surface area contributed by atoms with E-state index >= 15 is 0 Å². The second kappa shape index (κ2) is 5.91. The fourth-order valence-corrected chi connectivity index (χ4v) is 3.13. The SMILES string of the molecule is Cc1ccccc1C[S@@](=O)Cc1cccc(F)c1. The van der Waals surface area contributed by atoms with E-state index in [0.29, 0.717) is 11.5 Å². The monoisotopic (exact) mass is 262 g/mol. The summed E-state index contributed by atoms with van der Waals surface area (Å²) in [5.41, 5.74) is 3.01. The second-order valence-corrected chi connectivity index (χ2v) is 5.74. The lowest BCUT2D eigenvalue weighted by atomic mass is 10.1. The molecule has 0 aliphatic heterocycles. The van der Waals surface area contributed by atoms with Gasteiger partial charge in [-0.05, 0) is 35.7 Å². The molecule has 0 spiro atoms. The molecule has 0 aromatic heterocycles. The van der Waals surface area contributed by atoms with Crippen LogP contribution >= 0.6 is 0 Å². The minimum atomic E-state index is -1.01. The predicted octanol–water partition coefficient (Wildman–Crippen LogP) is 3.58. The smallest absolute Gasteiger partial charge is 0.123 e. The van der Waals surface area contributed by atoms with Crippen LogP contribution in [0.1, 0.15) is 16.7 Å². The summed E-state index contributed by atoms with van der Waals surface area (Å²) in [7, 11) is -1.01. The summed E-state index contributed by atoms with van der Waals surface area (Å²) in [6.45, 7) is 2.01. The fraction of sp³-hybridized carbons (Fsp3) is 0.200. The van der Waals surface area contributed by atoms with Crippen LogP contribution in [-0.4, -0.2) is 4.21 Å². The van der Waals surface area contributed by atoms with Crippen molar-refractivity contribution in [2.24, 2.45) is 0 Å². The third-order valence-electron chi connectivity index (χ3n) is 2.79. The summed E-state index contributed by atoms with van der Waals surface area (Å²) in [5.74, 6) is 0.635. The Bertz CT molecular complexity index is 566. The Labute approximate surface area is 109 Å². The maximum atomic E-state index is 13.0. The van der Waals surface area contributed by atoms with Gasteiger partial charge in [-0.25, -0.2) is 4.39 Å². The zero-order chi connectivity index (χ0) is 13.0. The molecule has 0 fully saturated rings. The lowest BCUT2D eigenvalue weighted by Gasteiger charge is -2.06. The van der Waals surface area contributed by atoms with Crippen molar-refractivity contribution in [1.29, 1.82) is 0 Å². The van der Waals surface area contributed by atoms with E-state index in [1.54, 1.807) is 12.1 Å². The molecular weight excluding hydrogens is 247 g/mol. The molecule has 1 nitrogen and oxygen atoms in total. The number of benzene rings is 2. The third kappa shape index (κ3) is 3.50. The number of halogens is 1. The molecule has 0 aliphatic rings. The Morgan fingerprint density at radius 3 is 2.56 bits per heavy atom. The van der Waals surface area contributed by atoms with Crippen molar-refractivity contribution in [3.63, 3.8) is 0 Å². The second-order valence-electron chi connectivity index (χ2n) is 4.28. The lowest BCUT2D eigenvalue weighted by Crippen LogP contribution is -2.01. The molecule has 0 unspecified atom stereocenters. The molecule has 0 N–H and O–H groups in total. The van der Waals surface area contributed by atoms with E-state index in [1.807, 2.05) is 31.2 Å². The van der Waals surface area contributed by atoms with Gasteiger partial charge in [-0.1, -0.05) is 36.4 Å². The molecule has 0 radical (unpaired) electrons. The summed E-state index contributed by atoms with van der Waals surface area (Å²) < 4.78 is 25.0. The molecule has 0 bridgehead atoms. The molecule has 0 saturated carbocycles. The molecular formula is C15H15FOS. The first-order valence-electron chi connectivity index (χ1n) is 5.79. The van der Waals surface area contributed by atoms with Gasteiger partial charge in [0.25, 0.3) is 0 Å². The van der Waals surface area contributed by atoms with Crippen LogP contribution in [-0.2, 0) is 22.3 Å². The van der Waals surface area contributed by atoms with Gasteiger partial charge < -0.3 is 0 Å². The Morgan fingerprint density at radius 2 is 1.83 bits per heavy atom. The number of hydrogen-bond donors (Lipinski definition) is 0. The van der Waals surface area contributed by atoms with Crippen LogP contribution in [0.3, 0.4) is 0 Å². The molecule has 2 rings (SSSR count). The number of aryl methyl sites for hydroxylation is 1. The number of rotatable bonds is 4. The van der Waals surface area contributed by atoms with E-state index in [4.69, 9.17) is 0 Å². The van der Waals surface area contributed by atoms with Crippen molar-refractivity contribution in [2.45, 2.75) is 18.4 Å². The average Bonchev–Trinajstić information content (AvgIpc) is 2.32. The van der Waals surface area contributed by atoms with Gasteiger partial charge in [-0.15, -0.1) is 0 Å². The van der Waals surface area contributed by atoms with Crippen LogP contribution in [0.25, 0.3) is 0 Å². The van der Waals surface area contributed by atoms with Gasteiger partial charge in [0.1, 0.15) is 5.82 Å². The van der Waals surface area contributed by atoms with Crippen molar-refractivity contribution in [1.82, 2.24) is 0 Å². The van der Waals surface area contributed by atoms with Gasteiger partial charge >= 0.3 is 0 Å². The van der Waals surface area contributed by atoms with Gasteiger partial charge in [-0.2, -0.15) is 0 Å². The molecule has 2 aromatic carbocycles. The van der Waals surface area contributed by atoms with Crippen LogP contribution in [0.5, 0.6) is 0 Å². The van der Waals surface area contributed by atoms with Crippen LogP contribution in [0.4, 0.5) is 4.39 Å². The standard InChI is InChI=1S/C15H15FOS/c1-12-5-2-3-7-14(12)11-18(17)10-13-6-4-8-15(16)9-13/h2-9H,10-11H2,1H3/t18-/m0/s1. The Kier molecular flexibility index (Phi) is 4.26. The Morgan fingerprint density at radius 1 is 1.06 bits per heavy atom. The van der Waals surface area contributed by atoms with Gasteiger partial charge in [0.15, 0.2) is 0 Å². The van der Waals surface area contributed by atoms with Gasteiger partial charge in [0.05, 0.1) is 0 Å². The van der Waals surface area contributed by atoms with Gasteiger partial charge in [0, 0.05) is 22.3 Å². The maximum Gasteiger partial charge on any atom is 0.123 e. The van der Waals surface area contributed by atoms with Crippen molar-refractivity contribution < 1.29 is 8.60 Å². The van der Waals surface area contributed by atoms with Crippen molar-refractivity contribution in [2.75, 3.05) is 0 Å². The Hall–Kier alpha value is -1.48. The van der Waals surface area contributed by atoms with E-state index in [-0.39, 0.29) is 5.82 Å². The average molecular weight is 262 g/mol. The fourth-order valence-electron chi connectivity index (χ4n) is 1.81. The van der Waals surface area contributed by atoms with E-state index < -0.39 is 10.8 Å². The summed E-state index contributed by atoms with van der Waals surface area (Å²) in [4.78, 5) is 0. The topological polar surface area (TPSA) is 17.1 Å². The maximum absolute atomic E-state index is 13.0. The quantitative estimate of drug-likeness (QED) is 0.823. The zero-order valence-corrected chi connectivity index (χ0v) is 11.0. The normalized spacial score (nSPS) is 12.3. The minimum Gasteiger partial charge on any atom is -0.259 e. The van der Waals surface area contributed by atoms with Crippen LogP contribution in [0, 0.1) is 12.7 Å². The Balaban J connectivity index is 2.03. The van der Waals surface area contributed by atoms with E-state index in [2.05, 4.69) is 0 Å². The highest BCUT2D eigenvalue weighted by Gasteiger charge is 2.06. The number of hydrogen-bond acceptors (Lipinski definition) is 1. The molecule has 0 heterocycles. The first kappa shape index (κ1) is 13.0. The lowest BCUT2D eigenvalue weighted by molar-refractivity contribution is 0.626. The molecule has 0 amide bonds. The molecule has 0 aliphatic carbocycles. The molecule has 94 valence electrons. The zero-order valence-electron chi connectivity index (χ0n) is 10.2. The van der Waals surface area contributed by atoms with Crippen molar-refractivity contribution in [3.8, 4) is 0 Å². The molecule has 2 aromatic rings. The predicted molar refractivity (Wildman–Crippen MR) is 73.1 cm³/mol. The largest absolute Gasteiger partial charge is 0.259 e. The van der Waals surface area contributed by atoms with Gasteiger partial charge in [0.2, 0.25) is 0 Å². The summed E-state index contributed by atoms with van der Waals surface area (Å²) in [5, 5.41) is 0. The summed E-state index contributed by atoms with van der Waals surface area (Å²) in [6, 6.07) is 14.2. The minimum absolute atomic E-state index is 0.277. The third-order valence-corrected chi connectivity index (χ3v) is 4.08. The molecule has 18 heavy (non-hydrogen) atoms. The first-order valence-corrected chi connectivity index (χ1v) is 7.28. The van der Waals surface area contributed by atoms with Crippen molar-refractivity contribution >= 4 is 10.8 Å². The summed E-state index contributed by atoms with van der Waals surface area (Å²) in [6.07, 6.45) is 0. The summed E-state index contributed by atoms with van der Waals surface area (Å²) >= 11 is 0.